The quantitative estimate of drug-likeness (QED) is 0.886. The van der Waals surface area contributed by atoms with Gasteiger partial charge in [-0.05, 0) is 35.6 Å². The first kappa shape index (κ1) is 16.3. The van der Waals surface area contributed by atoms with Crippen LogP contribution in [0.15, 0.2) is 48.5 Å². The fraction of sp³-hybridized carbons (Fsp3) is 0.316. The average Bonchev–Trinajstić information content (AvgIpc) is 3.00. The molecule has 1 amide bonds. The van der Waals surface area contributed by atoms with E-state index in [1.54, 1.807) is 7.11 Å². The van der Waals surface area contributed by atoms with Crippen molar-refractivity contribution in [2.45, 2.75) is 25.0 Å². The largest absolute Gasteiger partial charge is 0.496 e. The van der Waals surface area contributed by atoms with Crippen LogP contribution in [0.3, 0.4) is 0 Å². The van der Waals surface area contributed by atoms with Gasteiger partial charge in [0, 0.05) is 0 Å². The number of aliphatic hydroxyl groups is 1. The van der Waals surface area contributed by atoms with Crippen LogP contribution < -0.4 is 10.1 Å². The molecule has 2 aromatic rings. The molecule has 5 nitrogen and oxygen atoms in total. The average molecular weight is 327 g/mol. The number of alkyl carbamates (subject to hydrolysis) is 1. The molecule has 1 atom stereocenters. The summed E-state index contributed by atoms with van der Waals surface area (Å²) in [6.07, 6.45) is 0.807. The Hall–Kier alpha value is -2.53. The molecule has 0 aliphatic heterocycles. The highest BCUT2D eigenvalue weighted by Crippen LogP contribution is 2.41. The van der Waals surface area contributed by atoms with Crippen LogP contribution in [0.5, 0.6) is 5.75 Å². The van der Waals surface area contributed by atoms with Crippen molar-refractivity contribution in [1.29, 1.82) is 0 Å². The minimum Gasteiger partial charge on any atom is -0.496 e. The fourth-order valence-corrected chi connectivity index (χ4v) is 3.22. The second kappa shape index (κ2) is 6.93. The van der Waals surface area contributed by atoms with E-state index in [-0.39, 0.29) is 13.2 Å². The lowest BCUT2D eigenvalue weighted by molar-refractivity contribution is 0.105. The molecule has 3 rings (SSSR count). The minimum atomic E-state index is -0.822. The van der Waals surface area contributed by atoms with E-state index in [9.17, 15) is 9.90 Å². The zero-order valence-corrected chi connectivity index (χ0v) is 13.6. The summed E-state index contributed by atoms with van der Waals surface area (Å²) in [5.41, 5.74) is 2.01. The highest BCUT2D eigenvalue weighted by molar-refractivity contribution is 5.69. The zero-order valence-electron chi connectivity index (χ0n) is 13.6. The van der Waals surface area contributed by atoms with E-state index in [1.807, 2.05) is 48.5 Å². The predicted octanol–water partition coefficient (Wildman–Crippen LogP) is 2.76. The monoisotopic (exact) mass is 327 g/mol. The first-order valence-corrected chi connectivity index (χ1v) is 7.94. The molecule has 0 fully saturated rings. The lowest BCUT2D eigenvalue weighted by Crippen LogP contribution is -2.47. The van der Waals surface area contributed by atoms with Crippen molar-refractivity contribution in [2.24, 2.45) is 0 Å². The highest BCUT2D eigenvalue weighted by atomic mass is 16.5. The Balaban J connectivity index is 1.73. The van der Waals surface area contributed by atoms with Crippen LogP contribution in [0.1, 0.15) is 23.1 Å². The minimum absolute atomic E-state index is 0.187. The van der Waals surface area contributed by atoms with Gasteiger partial charge in [0.15, 0.2) is 0 Å². The number of hydrogen-bond donors (Lipinski definition) is 2. The van der Waals surface area contributed by atoms with E-state index < -0.39 is 11.6 Å². The fourth-order valence-electron chi connectivity index (χ4n) is 3.22. The smallest absolute Gasteiger partial charge is 0.408 e. The molecule has 1 aliphatic rings. The Bertz CT molecular complexity index is 717. The Kier molecular flexibility index (Phi) is 4.71. The van der Waals surface area contributed by atoms with Crippen LogP contribution in [-0.4, -0.2) is 24.9 Å². The zero-order chi connectivity index (χ0) is 17.0. The van der Waals surface area contributed by atoms with Crippen molar-refractivity contribution in [1.82, 2.24) is 5.32 Å². The van der Waals surface area contributed by atoms with E-state index in [0.29, 0.717) is 6.42 Å². The molecule has 0 heterocycles. The SMILES string of the molecule is COc1cccc2c1CCC2(CO)NC(=O)OCc1ccccc1. The van der Waals surface area contributed by atoms with Crippen LogP contribution in [-0.2, 0) is 23.3 Å². The van der Waals surface area contributed by atoms with Gasteiger partial charge in [-0.2, -0.15) is 0 Å². The molecule has 2 aromatic carbocycles. The lowest BCUT2D eigenvalue weighted by Gasteiger charge is -2.29. The van der Waals surface area contributed by atoms with Crippen molar-refractivity contribution in [3.63, 3.8) is 0 Å². The first-order chi connectivity index (χ1) is 11.7. The summed E-state index contributed by atoms with van der Waals surface area (Å²) in [7, 11) is 1.62. The van der Waals surface area contributed by atoms with Gasteiger partial charge in [0.05, 0.1) is 19.3 Å². The van der Waals surface area contributed by atoms with Crippen LogP contribution >= 0.6 is 0 Å². The molecule has 0 saturated heterocycles. The van der Waals surface area contributed by atoms with Gasteiger partial charge >= 0.3 is 6.09 Å². The number of rotatable bonds is 5. The molecule has 0 spiro atoms. The molecule has 0 saturated carbocycles. The maximum Gasteiger partial charge on any atom is 0.408 e. The molecule has 24 heavy (non-hydrogen) atoms. The number of hydrogen-bond acceptors (Lipinski definition) is 4. The molecule has 1 aliphatic carbocycles. The normalized spacial score (nSPS) is 18.8. The predicted molar refractivity (Wildman–Crippen MR) is 89.8 cm³/mol. The molecular weight excluding hydrogens is 306 g/mol. The van der Waals surface area contributed by atoms with E-state index >= 15 is 0 Å². The third-order valence-corrected chi connectivity index (χ3v) is 4.49. The van der Waals surface area contributed by atoms with Crippen LogP contribution in [0.25, 0.3) is 0 Å². The summed E-state index contributed by atoms with van der Waals surface area (Å²) in [5.74, 6) is 0.780. The van der Waals surface area contributed by atoms with Crippen molar-refractivity contribution >= 4 is 6.09 Å². The second-order valence-corrected chi connectivity index (χ2v) is 5.91. The van der Waals surface area contributed by atoms with Crippen molar-refractivity contribution in [2.75, 3.05) is 13.7 Å². The van der Waals surface area contributed by atoms with Crippen molar-refractivity contribution < 1.29 is 19.4 Å². The lowest BCUT2D eigenvalue weighted by atomic mass is 9.93. The molecule has 0 bridgehead atoms. The van der Waals surface area contributed by atoms with Gasteiger partial charge in [0.1, 0.15) is 12.4 Å². The standard InChI is InChI=1S/C19H21NO4/c1-23-17-9-5-8-16-15(17)10-11-19(16,13-21)20-18(22)24-12-14-6-3-2-4-7-14/h2-9,21H,10-13H2,1H3,(H,20,22). The molecular formula is C19H21NO4. The third-order valence-electron chi connectivity index (χ3n) is 4.49. The topological polar surface area (TPSA) is 67.8 Å². The van der Waals surface area contributed by atoms with Gasteiger partial charge < -0.3 is 19.9 Å². The summed E-state index contributed by atoms with van der Waals surface area (Å²) in [6.45, 7) is 0.00670. The van der Waals surface area contributed by atoms with Gasteiger partial charge in [-0.1, -0.05) is 42.5 Å². The summed E-state index contributed by atoms with van der Waals surface area (Å²) in [5, 5.41) is 12.8. The van der Waals surface area contributed by atoms with E-state index in [1.165, 1.54) is 0 Å². The maximum absolute atomic E-state index is 12.2. The number of nitrogens with one attached hydrogen (secondary N) is 1. The number of carbonyl (C=O) groups excluding carboxylic acids is 1. The summed E-state index contributed by atoms with van der Waals surface area (Å²) >= 11 is 0. The molecule has 126 valence electrons. The van der Waals surface area contributed by atoms with E-state index in [0.717, 1.165) is 28.9 Å². The van der Waals surface area contributed by atoms with Gasteiger partial charge in [-0.3, -0.25) is 0 Å². The number of methoxy groups -OCH3 is 1. The maximum atomic E-state index is 12.2. The molecule has 0 radical (unpaired) electrons. The molecule has 0 aromatic heterocycles. The van der Waals surface area contributed by atoms with Gasteiger partial charge in [0.2, 0.25) is 0 Å². The summed E-state index contributed by atoms with van der Waals surface area (Å²) in [4.78, 5) is 12.2. The van der Waals surface area contributed by atoms with Crippen LogP contribution in [0.4, 0.5) is 4.79 Å². The van der Waals surface area contributed by atoms with Crippen molar-refractivity contribution in [3.8, 4) is 5.75 Å². The first-order valence-electron chi connectivity index (χ1n) is 7.94. The Morgan fingerprint density at radius 1 is 1.21 bits per heavy atom. The number of benzene rings is 2. The number of carbonyl (C=O) groups is 1. The van der Waals surface area contributed by atoms with Crippen LogP contribution in [0, 0.1) is 0 Å². The third kappa shape index (κ3) is 3.08. The molecule has 1 unspecified atom stereocenters. The van der Waals surface area contributed by atoms with E-state index in [2.05, 4.69) is 5.32 Å². The molecule has 5 heteroatoms. The van der Waals surface area contributed by atoms with Gasteiger partial charge in [-0.15, -0.1) is 0 Å². The Morgan fingerprint density at radius 3 is 2.71 bits per heavy atom. The summed E-state index contributed by atoms with van der Waals surface area (Å²) in [6, 6.07) is 15.2. The second-order valence-electron chi connectivity index (χ2n) is 5.91. The molecule has 2 N–H and O–H groups in total. The number of fused-ring (bicyclic) bond motifs is 1. The number of amides is 1. The van der Waals surface area contributed by atoms with Crippen LogP contribution in [0.2, 0.25) is 0 Å². The Morgan fingerprint density at radius 2 is 2.00 bits per heavy atom. The highest BCUT2D eigenvalue weighted by Gasteiger charge is 2.41. The Labute approximate surface area is 141 Å². The summed E-state index contributed by atoms with van der Waals surface area (Å²) < 4.78 is 10.7. The van der Waals surface area contributed by atoms with Gasteiger partial charge in [0.25, 0.3) is 0 Å². The van der Waals surface area contributed by atoms with Gasteiger partial charge in [-0.25, -0.2) is 4.79 Å². The number of ether oxygens (including phenoxy) is 2. The van der Waals surface area contributed by atoms with Crippen molar-refractivity contribution in [3.05, 3.63) is 65.2 Å². The van der Waals surface area contributed by atoms with E-state index in [4.69, 9.17) is 9.47 Å². The number of aliphatic hydroxyl groups excluding tert-OH is 1.